The van der Waals surface area contributed by atoms with Gasteiger partial charge < -0.3 is 10.1 Å². The third-order valence-electron chi connectivity index (χ3n) is 5.60. The molecule has 4 atom stereocenters. The van der Waals surface area contributed by atoms with Crippen LogP contribution in [0.3, 0.4) is 0 Å². The maximum absolute atomic E-state index is 12.7. The molecule has 0 radical (unpaired) electrons. The van der Waals surface area contributed by atoms with E-state index in [0.29, 0.717) is 29.3 Å². The first-order valence-corrected chi connectivity index (χ1v) is 8.78. The minimum Gasteiger partial charge on any atom is -0.497 e. The normalized spacial score (nSPS) is 30.7. The van der Waals surface area contributed by atoms with Crippen molar-refractivity contribution in [3.05, 3.63) is 24.3 Å². The van der Waals surface area contributed by atoms with Gasteiger partial charge in [0, 0.05) is 6.04 Å². The number of benzene rings is 1. The Hall–Kier alpha value is -1.88. The van der Waals surface area contributed by atoms with Crippen molar-refractivity contribution in [2.75, 3.05) is 12.0 Å². The van der Waals surface area contributed by atoms with E-state index in [4.69, 9.17) is 4.74 Å². The molecule has 2 amide bonds. The van der Waals surface area contributed by atoms with E-state index < -0.39 is 6.04 Å². The number of rotatable bonds is 4. The van der Waals surface area contributed by atoms with Crippen LogP contribution in [-0.2, 0) is 9.59 Å². The second-order valence-electron chi connectivity index (χ2n) is 7.06. The molecule has 0 bridgehead atoms. The molecule has 0 aromatic heterocycles. The van der Waals surface area contributed by atoms with E-state index in [1.807, 2.05) is 0 Å². The van der Waals surface area contributed by atoms with E-state index in [9.17, 15) is 9.59 Å². The van der Waals surface area contributed by atoms with Crippen LogP contribution >= 0.6 is 0 Å². The lowest BCUT2D eigenvalue weighted by atomic mass is 9.78. The summed E-state index contributed by atoms with van der Waals surface area (Å²) >= 11 is 0. The first kappa shape index (κ1) is 17.0. The second kappa shape index (κ2) is 6.93. The highest BCUT2D eigenvalue weighted by Gasteiger charge is 2.41. The van der Waals surface area contributed by atoms with E-state index in [-0.39, 0.29) is 18.2 Å². The van der Waals surface area contributed by atoms with Gasteiger partial charge in [0.05, 0.1) is 25.3 Å². The van der Waals surface area contributed by atoms with Crippen LogP contribution in [0, 0.1) is 11.8 Å². The summed E-state index contributed by atoms with van der Waals surface area (Å²) in [7, 11) is 1.59. The summed E-state index contributed by atoms with van der Waals surface area (Å²) in [4.78, 5) is 26.4. The fraction of sp³-hybridized carbons (Fsp3) is 0.579. The number of nitrogens with one attached hydrogen (secondary N) is 1. The summed E-state index contributed by atoms with van der Waals surface area (Å²) in [6.45, 7) is 4.51. The van der Waals surface area contributed by atoms with Crippen LogP contribution in [0.1, 0.15) is 39.5 Å². The van der Waals surface area contributed by atoms with E-state index in [0.717, 1.165) is 6.42 Å². The van der Waals surface area contributed by atoms with Crippen LogP contribution in [0.15, 0.2) is 24.3 Å². The lowest BCUT2D eigenvalue weighted by molar-refractivity contribution is -0.121. The van der Waals surface area contributed by atoms with Crippen molar-refractivity contribution in [3.8, 4) is 5.75 Å². The SMILES string of the molecule is COc1ccc(N2C(=O)C[C@H](N[C@@H]3CCC[C@@H](C)[C@H]3C)C2=O)cc1. The van der Waals surface area contributed by atoms with Gasteiger partial charge in [0.15, 0.2) is 0 Å². The van der Waals surface area contributed by atoms with Gasteiger partial charge in [0.2, 0.25) is 5.91 Å². The number of carbonyl (C=O) groups excluding carboxylic acids is 2. The van der Waals surface area contributed by atoms with Crippen molar-refractivity contribution in [3.63, 3.8) is 0 Å². The molecule has 2 aliphatic rings. The van der Waals surface area contributed by atoms with Crippen LogP contribution in [0.5, 0.6) is 5.75 Å². The molecule has 24 heavy (non-hydrogen) atoms. The number of amides is 2. The van der Waals surface area contributed by atoms with Crippen LogP contribution < -0.4 is 15.0 Å². The molecule has 3 rings (SSSR count). The predicted octanol–water partition coefficient (Wildman–Crippen LogP) is 2.74. The standard InChI is InChI=1S/C19H26N2O3/c1-12-5-4-6-16(13(12)2)20-17-11-18(22)21(19(17)23)14-7-9-15(24-3)10-8-14/h7-10,12-13,16-17,20H,4-6,11H2,1-3H3/t12-,13-,16-,17+/m1/s1. The van der Waals surface area contributed by atoms with Crippen LogP contribution in [0.2, 0.25) is 0 Å². The average Bonchev–Trinajstić information content (AvgIpc) is 2.86. The van der Waals surface area contributed by atoms with Crippen molar-refractivity contribution in [1.29, 1.82) is 0 Å². The van der Waals surface area contributed by atoms with Gasteiger partial charge in [-0.1, -0.05) is 26.7 Å². The van der Waals surface area contributed by atoms with Gasteiger partial charge in [-0.15, -0.1) is 0 Å². The Morgan fingerprint density at radius 2 is 1.83 bits per heavy atom. The van der Waals surface area contributed by atoms with Crippen molar-refractivity contribution < 1.29 is 14.3 Å². The summed E-state index contributed by atoms with van der Waals surface area (Å²) in [5.41, 5.74) is 0.611. The molecule has 1 aliphatic heterocycles. The number of anilines is 1. The Kier molecular flexibility index (Phi) is 4.90. The maximum atomic E-state index is 12.7. The fourth-order valence-electron chi connectivity index (χ4n) is 3.84. The molecule has 1 heterocycles. The zero-order valence-corrected chi connectivity index (χ0v) is 14.6. The third kappa shape index (κ3) is 3.18. The van der Waals surface area contributed by atoms with E-state index in [2.05, 4.69) is 19.2 Å². The van der Waals surface area contributed by atoms with Crippen molar-refractivity contribution in [2.24, 2.45) is 11.8 Å². The number of methoxy groups -OCH3 is 1. The molecule has 0 spiro atoms. The van der Waals surface area contributed by atoms with E-state index in [1.54, 1.807) is 31.4 Å². The van der Waals surface area contributed by atoms with Gasteiger partial charge in [-0.2, -0.15) is 0 Å². The highest BCUT2D eigenvalue weighted by Crippen LogP contribution is 2.31. The van der Waals surface area contributed by atoms with Crippen LogP contribution in [-0.4, -0.2) is 31.0 Å². The number of nitrogens with zero attached hydrogens (tertiary/aromatic N) is 1. The fourth-order valence-corrected chi connectivity index (χ4v) is 3.84. The predicted molar refractivity (Wildman–Crippen MR) is 93.0 cm³/mol. The summed E-state index contributed by atoms with van der Waals surface area (Å²) in [5, 5.41) is 3.46. The van der Waals surface area contributed by atoms with Gasteiger partial charge in [-0.25, -0.2) is 4.90 Å². The van der Waals surface area contributed by atoms with Crippen LogP contribution in [0.25, 0.3) is 0 Å². The Balaban J connectivity index is 1.71. The number of imide groups is 1. The summed E-state index contributed by atoms with van der Waals surface area (Å²) in [6.07, 6.45) is 3.74. The molecule has 1 N–H and O–H groups in total. The minimum absolute atomic E-state index is 0.140. The van der Waals surface area contributed by atoms with E-state index >= 15 is 0 Å². The molecule has 130 valence electrons. The van der Waals surface area contributed by atoms with Gasteiger partial charge in [-0.05, 0) is 42.5 Å². The van der Waals surface area contributed by atoms with Crippen molar-refractivity contribution in [2.45, 2.75) is 51.6 Å². The van der Waals surface area contributed by atoms with Crippen LogP contribution in [0.4, 0.5) is 5.69 Å². The number of hydrogen-bond donors (Lipinski definition) is 1. The monoisotopic (exact) mass is 330 g/mol. The van der Waals surface area contributed by atoms with Gasteiger partial charge in [0.25, 0.3) is 5.91 Å². The first-order chi connectivity index (χ1) is 11.5. The van der Waals surface area contributed by atoms with Crippen molar-refractivity contribution in [1.82, 2.24) is 5.32 Å². The third-order valence-corrected chi connectivity index (χ3v) is 5.60. The lowest BCUT2D eigenvalue weighted by Gasteiger charge is -2.36. The summed E-state index contributed by atoms with van der Waals surface area (Å²) < 4.78 is 5.13. The van der Waals surface area contributed by atoms with Gasteiger partial charge in [0.1, 0.15) is 5.75 Å². The molecular formula is C19H26N2O3. The van der Waals surface area contributed by atoms with Gasteiger partial charge >= 0.3 is 0 Å². The summed E-state index contributed by atoms with van der Waals surface area (Å²) in [5.74, 6) is 1.60. The minimum atomic E-state index is -0.405. The molecule has 1 aliphatic carbocycles. The Bertz CT molecular complexity index is 614. The smallest absolute Gasteiger partial charge is 0.251 e. The molecule has 1 aromatic carbocycles. The first-order valence-electron chi connectivity index (χ1n) is 8.78. The van der Waals surface area contributed by atoms with E-state index in [1.165, 1.54) is 17.7 Å². The molecule has 2 fully saturated rings. The average molecular weight is 330 g/mol. The highest BCUT2D eigenvalue weighted by molar-refractivity contribution is 6.22. The Morgan fingerprint density at radius 1 is 1.12 bits per heavy atom. The largest absolute Gasteiger partial charge is 0.497 e. The quantitative estimate of drug-likeness (QED) is 0.863. The number of hydrogen-bond acceptors (Lipinski definition) is 4. The van der Waals surface area contributed by atoms with Crippen molar-refractivity contribution >= 4 is 17.5 Å². The maximum Gasteiger partial charge on any atom is 0.251 e. The topological polar surface area (TPSA) is 58.6 Å². The second-order valence-corrected chi connectivity index (χ2v) is 7.06. The lowest BCUT2D eigenvalue weighted by Crippen LogP contribution is -2.48. The molecule has 5 heteroatoms. The zero-order chi connectivity index (χ0) is 17.3. The molecular weight excluding hydrogens is 304 g/mol. The zero-order valence-electron chi connectivity index (χ0n) is 14.6. The molecule has 1 aromatic rings. The number of ether oxygens (including phenoxy) is 1. The summed E-state index contributed by atoms with van der Waals surface area (Å²) in [6, 6.07) is 6.94. The van der Waals surface area contributed by atoms with Gasteiger partial charge in [-0.3, -0.25) is 9.59 Å². The highest BCUT2D eigenvalue weighted by atomic mass is 16.5. The molecule has 1 saturated heterocycles. The Morgan fingerprint density at radius 3 is 2.50 bits per heavy atom. The number of carbonyl (C=O) groups is 2. The molecule has 1 saturated carbocycles. The Labute approximate surface area is 143 Å². The molecule has 5 nitrogen and oxygen atoms in total. The molecule has 0 unspecified atom stereocenters.